The summed E-state index contributed by atoms with van der Waals surface area (Å²) < 4.78 is 0. The summed E-state index contributed by atoms with van der Waals surface area (Å²) in [4.78, 5) is 3.62. The van der Waals surface area contributed by atoms with Crippen LogP contribution in [-0.4, -0.2) is 0 Å². The zero-order valence-corrected chi connectivity index (χ0v) is 10.6. The third-order valence-corrected chi connectivity index (χ3v) is 2.85. The number of aryl methyl sites for hydroxylation is 2. The Kier molecular flexibility index (Phi) is 3.60. The molecule has 0 unspecified atom stereocenters. The van der Waals surface area contributed by atoms with Gasteiger partial charge in [0.05, 0.1) is 6.57 Å². The lowest BCUT2D eigenvalue weighted by Crippen LogP contribution is -1.81. The largest absolute Gasteiger partial charge is 0.238 e. The summed E-state index contributed by atoms with van der Waals surface area (Å²) in [5.74, 6) is 0. The van der Waals surface area contributed by atoms with Crippen molar-refractivity contribution in [1.29, 1.82) is 0 Å². The fourth-order valence-corrected chi connectivity index (χ4v) is 1.73. The monoisotopic (exact) mass is 233 g/mol. The highest BCUT2D eigenvalue weighted by atomic mass is 14.7. The Morgan fingerprint density at radius 2 is 1.39 bits per heavy atom. The molecule has 0 aromatic heterocycles. The van der Waals surface area contributed by atoms with Gasteiger partial charge in [-0.05, 0) is 31.1 Å². The molecule has 0 atom stereocenters. The quantitative estimate of drug-likeness (QED) is 0.522. The normalized spacial score (nSPS) is 11.1. The van der Waals surface area contributed by atoms with Crippen molar-refractivity contribution in [2.75, 3.05) is 0 Å². The number of hydrogen-bond acceptors (Lipinski definition) is 0. The number of hydrogen-bond donors (Lipinski definition) is 0. The Hall–Kier alpha value is -2.33. The van der Waals surface area contributed by atoms with Crippen molar-refractivity contribution in [3.8, 4) is 0 Å². The second-order valence-corrected chi connectivity index (χ2v) is 4.42. The molecule has 18 heavy (non-hydrogen) atoms. The van der Waals surface area contributed by atoms with Crippen LogP contribution in [0.3, 0.4) is 0 Å². The van der Waals surface area contributed by atoms with Gasteiger partial charge >= 0.3 is 0 Å². The van der Waals surface area contributed by atoms with E-state index >= 15 is 0 Å². The predicted molar refractivity (Wildman–Crippen MR) is 76.8 cm³/mol. The van der Waals surface area contributed by atoms with E-state index in [1.807, 2.05) is 49.4 Å². The molecule has 1 nitrogen and oxygen atoms in total. The average Bonchev–Trinajstić information content (AvgIpc) is 2.39. The Balaban J connectivity index is 2.37. The van der Waals surface area contributed by atoms with Gasteiger partial charge in [-0.1, -0.05) is 59.7 Å². The van der Waals surface area contributed by atoms with Gasteiger partial charge in [0, 0.05) is 0 Å². The predicted octanol–water partition coefficient (Wildman–Crippen LogP) is 4.72. The lowest BCUT2D eigenvalue weighted by atomic mass is 10.1. The fourth-order valence-electron chi connectivity index (χ4n) is 1.73. The molecule has 0 amide bonds. The molecule has 1 heteroatoms. The van der Waals surface area contributed by atoms with E-state index in [9.17, 15) is 0 Å². The average molecular weight is 233 g/mol. The maximum atomic E-state index is 7.30. The van der Waals surface area contributed by atoms with Crippen LogP contribution in [-0.2, 0) is 0 Å². The first-order valence-corrected chi connectivity index (χ1v) is 5.92. The van der Waals surface area contributed by atoms with Crippen LogP contribution in [0.2, 0.25) is 0 Å². The molecule has 2 rings (SSSR count). The van der Waals surface area contributed by atoms with Gasteiger partial charge in [-0.2, -0.15) is 0 Å². The number of benzene rings is 2. The molecule has 2 aromatic carbocycles. The molecule has 0 bridgehead atoms. The summed E-state index contributed by atoms with van der Waals surface area (Å²) in [6, 6.07) is 16.2. The van der Waals surface area contributed by atoms with Crippen LogP contribution in [0, 0.1) is 20.4 Å². The maximum Gasteiger partial charge on any atom is 0.194 e. The molecular formula is C17H15N. The summed E-state index contributed by atoms with van der Waals surface area (Å²) in [5, 5.41) is 0. The highest BCUT2D eigenvalue weighted by Gasteiger charge is 2.01. The first kappa shape index (κ1) is 12.1. The summed E-state index contributed by atoms with van der Waals surface area (Å²) in [6.45, 7) is 11.4. The van der Waals surface area contributed by atoms with Crippen LogP contribution in [0.1, 0.15) is 22.3 Å². The lowest BCUT2D eigenvalue weighted by molar-refractivity contribution is 1.45. The highest BCUT2D eigenvalue weighted by Crippen LogP contribution is 2.20. The summed E-state index contributed by atoms with van der Waals surface area (Å²) in [6.07, 6.45) is 1.93. The molecule has 0 radical (unpaired) electrons. The van der Waals surface area contributed by atoms with Gasteiger partial charge in [0.2, 0.25) is 0 Å². The van der Waals surface area contributed by atoms with Gasteiger partial charge in [0.1, 0.15) is 0 Å². The van der Waals surface area contributed by atoms with Crippen molar-refractivity contribution in [3.05, 3.63) is 82.2 Å². The second kappa shape index (κ2) is 5.33. The van der Waals surface area contributed by atoms with Crippen LogP contribution in [0.4, 0.5) is 0 Å². The van der Waals surface area contributed by atoms with Gasteiger partial charge in [-0.3, -0.25) is 0 Å². The third-order valence-electron chi connectivity index (χ3n) is 2.85. The van der Waals surface area contributed by atoms with E-state index in [4.69, 9.17) is 6.57 Å². The Morgan fingerprint density at radius 1 is 0.889 bits per heavy atom. The number of nitrogens with zero attached hydrogens (tertiary/aromatic N) is 1. The van der Waals surface area contributed by atoms with Crippen molar-refractivity contribution in [2.45, 2.75) is 13.8 Å². The van der Waals surface area contributed by atoms with Crippen LogP contribution < -0.4 is 0 Å². The van der Waals surface area contributed by atoms with Crippen LogP contribution >= 0.6 is 0 Å². The standard InChI is InChI=1S/C17H15N/c1-13-4-8-15(9-5-13)12-17(18-3)16-10-6-14(2)7-11-16/h4-12H,1-2H3. The van der Waals surface area contributed by atoms with Crippen LogP contribution in [0.25, 0.3) is 16.6 Å². The molecule has 88 valence electrons. The Bertz CT molecular complexity index is 596. The van der Waals surface area contributed by atoms with Gasteiger partial charge in [-0.15, -0.1) is 0 Å². The summed E-state index contributed by atoms with van der Waals surface area (Å²) in [5.41, 5.74) is 5.15. The molecule has 0 spiro atoms. The maximum absolute atomic E-state index is 7.30. The van der Waals surface area contributed by atoms with Crippen molar-refractivity contribution >= 4 is 11.8 Å². The smallest absolute Gasteiger partial charge is 0.194 e. The van der Waals surface area contributed by atoms with Crippen molar-refractivity contribution in [2.24, 2.45) is 0 Å². The topological polar surface area (TPSA) is 4.36 Å². The zero-order valence-electron chi connectivity index (χ0n) is 10.6. The molecule has 0 aliphatic carbocycles. The van der Waals surface area contributed by atoms with Crippen molar-refractivity contribution in [3.63, 3.8) is 0 Å². The molecule has 0 fully saturated rings. The van der Waals surface area contributed by atoms with Crippen LogP contribution in [0.5, 0.6) is 0 Å². The third kappa shape index (κ3) is 2.87. The van der Waals surface area contributed by atoms with Gasteiger partial charge in [-0.25, -0.2) is 4.85 Å². The first-order valence-electron chi connectivity index (χ1n) is 5.92. The van der Waals surface area contributed by atoms with Gasteiger partial charge < -0.3 is 0 Å². The lowest BCUT2D eigenvalue weighted by Gasteiger charge is -2.01. The van der Waals surface area contributed by atoms with E-state index < -0.39 is 0 Å². The minimum Gasteiger partial charge on any atom is -0.238 e. The molecule has 0 saturated carbocycles. The van der Waals surface area contributed by atoms with E-state index in [1.54, 1.807) is 0 Å². The molecule has 0 heterocycles. The molecule has 0 aliphatic rings. The van der Waals surface area contributed by atoms with E-state index in [0.29, 0.717) is 5.70 Å². The SMILES string of the molecule is [C-]#[N+]C(=Cc1ccc(C)cc1)c1ccc(C)cc1. The van der Waals surface area contributed by atoms with Crippen LogP contribution in [0.15, 0.2) is 48.5 Å². The fraction of sp³-hybridized carbons (Fsp3) is 0.118. The molecular weight excluding hydrogens is 218 g/mol. The number of rotatable bonds is 2. The molecule has 2 aromatic rings. The van der Waals surface area contributed by atoms with Crippen molar-refractivity contribution < 1.29 is 0 Å². The van der Waals surface area contributed by atoms with E-state index in [0.717, 1.165) is 11.1 Å². The molecule has 0 saturated heterocycles. The summed E-state index contributed by atoms with van der Waals surface area (Å²) >= 11 is 0. The second-order valence-electron chi connectivity index (χ2n) is 4.42. The van der Waals surface area contributed by atoms with Gasteiger partial charge in [0.15, 0.2) is 5.70 Å². The van der Waals surface area contributed by atoms with Gasteiger partial charge in [0.25, 0.3) is 0 Å². The van der Waals surface area contributed by atoms with E-state index in [1.165, 1.54) is 11.1 Å². The minimum atomic E-state index is 0.679. The molecule has 0 N–H and O–H groups in total. The summed E-state index contributed by atoms with van der Waals surface area (Å²) in [7, 11) is 0. The Morgan fingerprint density at radius 3 is 1.89 bits per heavy atom. The highest BCUT2D eigenvalue weighted by molar-refractivity contribution is 5.85. The van der Waals surface area contributed by atoms with E-state index in [-0.39, 0.29) is 0 Å². The minimum absolute atomic E-state index is 0.679. The first-order chi connectivity index (χ1) is 8.69. The van der Waals surface area contributed by atoms with E-state index in [2.05, 4.69) is 23.9 Å². The molecule has 0 aliphatic heterocycles. The van der Waals surface area contributed by atoms with Crippen molar-refractivity contribution in [1.82, 2.24) is 0 Å². The zero-order chi connectivity index (χ0) is 13.0. The Labute approximate surface area is 108 Å².